The van der Waals surface area contributed by atoms with E-state index in [1.165, 1.54) is 12.1 Å². The van der Waals surface area contributed by atoms with E-state index in [2.05, 4.69) is 9.93 Å². The van der Waals surface area contributed by atoms with Crippen LogP contribution in [0.2, 0.25) is 0 Å². The molecule has 0 aliphatic heterocycles. The third-order valence-corrected chi connectivity index (χ3v) is 4.34. The van der Waals surface area contributed by atoms with Gasteiger partial charge < -0.3 is 4.74 Å². The van der Waals surface area contributed by atoms with Crippen molar-refractivity contribution in [1.82, 2.24) is 4.83 Å². The SMILES string of the molecule is CC/C(=N\NS(=O)(=O)c1ccccc1)c1ccc(OC)cc1. The predicted octanol–water partition coefficient (Wildman–Crippen LogP) is 2.79. The van der Waals surface area contributed by atoms with E-state index in [0.29, 0.717) is 12.1 Å². The standard InChI is InChI=1S/C16H18N2O3S/c1-3-16(13-9-11-14(21-2)12-10-13)17-18-22(19,20)15-7-5-4-6-8-15/h4-12,18H,3H2,1-2H3/b17-16+. The van der Waals surface area contributed by atoms with Crippen LogP contribution in [0.5, 0.6) is 5.75 Å². The number of hydrogen-bond acceptors (Lipinski definition) is 4. The number of methoxy groups -OCH3 is 1. The van der Waals surface area contributed by atoms with Gasteiger partial charge in [-0.2, -0.15) is 18.4 Å². The van der Waals surface area contributed by atoms with Gasteiger partial charge in [0.2, 0.25) is 0 Å². The average molecular weight is 318 g/mol. The molecule has 2 rings (SSSR count). The van der Waals surface area contributed by atoms with Crippen LogP contribution in [0, 0.1) is 0 Å². The molecule has 0 saturated heterocycles. The summed E-state index contributed by atoms with van der Waals surface area (Å²) in [5.41, 5.74) is 1.50. The Balaban J connectivity index is 2.22. The average Bonchev–Trinajstić information content (AvgIpc) is 2.57. The third-order valence-electron chi connectivity index (χ3n) is 3.11. The molecule has 5 nitrogen and oxygen atoms in total. The molecule has 0 heterocycles. The first-order valence-electron chi connectivity index (χ1n) is 6.84. The minimum Gasteiger partial charge on any atom is -0.497 e. The summed E-state index contributed by atoms with van der Waals surface area (Å²) in [4.78, 5) is 2.47. The van der Waals surface area contributed by atoms with Gasteiger partial charge in [0.15, 0.2) is 0 Å². The van der Waals surface area contributed by atoms with Gasteiger partial charge in [0.1, 0.15) is 5.75 Å². The van der Waals surface area contributed by atoms with Crippen molar-refractivity contribution in [2.45, 2.75) is 18.2 Å². The number of benzene rings is 2. The van der Waals surface area contributed by atoms with Crippen molar-refractivity contribution in [1.29, 1.82) is 0 Å². The highest BCUT2D eigenvalue weighted by atomic mass is 32.2. The minimum absolute atomic E-state index is 0.184. The summed E-state index contributed by atoms with van der Waals surface area (Å²) in [7, 11) is -2.05. The number of nitrogens with one attached hydrogen (secondary N) is 1. The van der Waals surface area contributed by atoms with Gasteiger partial charge in [0.05, 0.1) is 17.7 Å². The molecule has 0 fully saturated rings. The van der Waals surface area contributed by atoms with Crippen LogP contribution in [0.4, 0.5) is 0 Å². The molecule has 0 unspecified atom stereocenters. The molecule has 0 saturated carbocycles. The van der Waals surface area contributed by atoms with E-state index in [4.69, 9.17) is 4.74 Å². The van der Waals surface area contributed by atoms with Gasteiger partial charge in [-0.3, -0.25) is 0 Å². The second-order valence-electron chi connectivity index (χ2n) is 4.55. The molecule has 0 amide bonds. The van der Waals surface area contributed by atoms with Crippen molar-refractivity contribution in [3.8, 4) is 5.75 Å². The Labute approximate surface area is 130 Å². The molecule has 1 N–H and O–H groups in total. The smallest absolute Gasteiger partial charge is 0.276 e. The largest absolute Gasteiger partial charge is 0.497 e. The Bertz CT molecular complexity index is 739. The maximum Gasteiger partial charge on any atom is 0.276 e. The van der Waals surface area contributed by atoms with Crippen LogP contribution in [0.25, 0.3) is 0 Å². The normalized spacial score (nSPS) is 12.0. The van der Waals surface area contributed by atoms with Crippen LogP contribution in [0.3, 0.4) is 0 Å². The zero-order chi connectivity index (χ0) is 16.0. The molecule has 0 aromatic heterocycles. The summed E-state index contributed by atoms with van der Waals surface area (Å²) in [6.45, 7) is 1.92. The molecule has 116 valence electrons. The fourth-order valence-corrected chi connectivity index (χ4v) is 2.75. The predicted molar refractivity (Wildman–Crippen MR) is 86.6 cm³/mol. The Morgan fingerprint density at radius 2 is 1.73 bits per heavy atom. The zero-order valence-electron chi connectivity index (χ0n) is 12.5. The fraction of sp³-hybridized carbons (Fsp3) is 0.188. The van der Waals surface area contributed by atoms with E-state index in [1.54, 1.807) is 25.3 Å². The maximum absolute atomic E-state index is 12.1. The van der Waals surface area contributed by atoms with Crippen LogP contribution < -0.4 is 9.57 Å². The number of hydrogen-bond donors (Lipinski definition) is 1. The molecule has 0 aliphatic rings. The summed E-state index contributed by atoms with van der Waals surface area (Å²) in [5, 5.41) is 4.05. The third kappa shape index (κ3) is 3.85. The topological polar surface area (TPSA) is 67.8 Å². The van der Waals surface area contributed by atoms with Crippen LogP contribution in [0.15, 0.2) is 64.6 Å². The molecule has 22 heavy (non-hydrogen) atoms. The molecule has 2 aromatic carbocycles. The number of nitrogens with zero attached hydrogens (tertiary/aromatic N) is 1. The summed E-state index contributed by atoms with van der Waals surface area (Å²) in [6, 6.07) is 15.5. The summed E-state index contributed by atoms with van der Waals surface area (Å²) < 4.78 is 29.4. The highest BCUT2D eigenvalue weighted by Gasteiger charge is 2.12. The molecule has 0 aliphatic carbocycles. The Hall–Kier alpha value is -2.34. The number of rotatable bonds is 6. The van der Waals surface area contributed by atoms with Crippen LogP contribution >= 0.6 is 0 Å². The lowest BCUT2D eigenvalue weighted by Crippen LogP contribution is -2.20. The zero-order valence-corrected chi connectivity index (χ0v) is 13.3. The molecule has 0 bridgehead atoms. The van der Waals surface area contributed by atoms with Crippen LogP contribution in [0.1, 0.15) is 18.9 Å². The molecule has 0 spiro atoms. The lowest BCUT2D eigenvalue weighted by Gasteiger charge is -2.08. The van der Waals surface area contributed by atoms with E-state index < -0.39 is 10.0 Å². The molecular weight excluding hydrogens is 300 g/mol. The van der Waals surface area contributed by atoms with Gasteiger partial charge in [-0.1, -0.05) is 25.1 Å². The first-order chi connectivity index (χ1) is 10.6. The monoisotopic (exact) mass is 318 g/mol. The van der Waals surface area contributed by atoms with Crippen LogP contribution in [-0.2, 0) is 10.0 Å². The molecule has 6 heteroatoms. The van der Waals surface area contributed by atoms with Gasteiger partial charge in [-0.15, -0.1) is 0 Å². The lowest BCUT2D eigenvalue weighted by molar-refractivity contribution is 0.415. The van der Waals surface area contributed by atoms with Crippen LogP contribution in [-0.4, -0.2) is 21.2 Å². The van der Waals surface area contributed by atoms with Gasteiger partial charge in [-0.05, 0) is 48.4 Å². The second-order valence-corrected chi connectivity index (χ2v) is 6.21. The summed E-state index contributed by atoms with van der Waals surface area (Å²) in [5.74, 6) is 0.740. The van der Waals surface area contributed by atoms with E-state index in [-0.39, 0.29) is 4.90 Å². The van der Waals surface area contributed by atoms with E-state index in [0.717, 1.165) is 11.3 Å². The lowest BCUT2D eigenvalue weighted by atomic mass is 10.1. The highest BCUT2D eigenvalue weighted by Crippen LogP contribution is 2.13. The van der Waals surface area contributed by atoms with Gasteiger partial charge in [0, 0.05) is 0 Å². The maximum atomic E-state index is 12.1. The fourth-order valence-electron chi connectivity index (χ4n) is 1.90. The summed E-state index contributed by atoms with van der Waals surface area (Å²) >= 11 is 0. The van der Waals surface area contributed by atoms with E-state index in [1.807, 2.05) is 31.2 Å². The highest BCUT2D eigenvalue weighted by molar-refractivity contribution is 7.89. The number of sulfonamides is 1. The van der Waals surface area contributed by atoms with Gasteiger partial charge >= 0.3 is 0 Å². The van der Waals surface area contributed by atoms with E-state index in [9.17, 15) is 8.42 Å². The number of hydrazone groups is 1. The van der Waals surface area contributed by atoms with Crippen molar-refractivity contribution in [3.63, 3.8) is 0 Å². The Kier molecular flexibility index (Phi) is 5.16. The molecular formula is C16H18N2O3S. The molecule has 0 atom stereocenters. The van der Waals surface area contributed by atoms with E-state index >= 15 is 0 Å². The second kappa shape index (κ2) is 7.09. The first kappa shape index (κ1) is 16.0. The molecule has 0 radical (unpaired) electrons. The van der Waals surface area contributed by atoms with Crippen molar-refractivity contribution in [2.24, 2.45) is 5.10 Å². The van der Waals surface area contributed by atoms with Crippen molar-refractivity contribution in [2.75, 3.05) is 7.11 Å². The minimum atomic E-state index is -3.65. The van der Waals surface area contributed by atoms with Crippen molar-refractivity contribution >= 4 is 15.7 Å². The molecule has 2 aromatic rings. The number of ether oxygens (including phenoxy) is 1. The first-order valence-corrected chi connectivity index (χ1v) is 8.33. The Morgan fingerprint density at radius 1 is 1.09 bits per heavy atom. The summed E-state index contributed by atoms with van der Waals surface area (Å²) in [6.07, 6.45) is 0.601. The Morgan fingerprint density at radius 3 is 2.27 bits per heavy atom. The van der Waals surface area contributed by atoms with Crippen molar-refractivity contribution in [3.05, 3.63) is 60.2 Å². The van der Waals surface area contributed by atoms with Gasteiger partial charge in [-0.25, -0.2) is 0 Å². The van der Waals surface area contributed by atoms with Gasteiger partial charge in [0.25, 0.3) is 10.0 Å². The van der Waals surface area contributed by atoms with Crippen molar-refractivity contribution < 1.29 is 13.2 Å². The quantitative estimate of drug-likeness (QED) is 0.658.